The van der Waals surface area contributed by atoms with E-state index in [4.69, 9.17) is 10.7 Å². The van der Waals surface area contributed by atoms with Gasteiger partial charge in [-0.05, 0) is 83.9 Å². The van der Waals surface area contributed by atoms with E-state index in [1.54, 1.807) is 17.5 Å². The van der Waals surface area contributed by atoms with E-state index in [0.29, 0.717) is 13.0 Å². The van der Waals surface area contributed by atoms with Crippen LogP contribution < -0.4 is 5.73 Å². The molecule has 3 rings (SSSR count). The standard InChI is InChI=1S/C18H17BrFN3S2/c1-12-11-13(4-5-14-6-7-17(19)24-14)22-18(12)15(8-9-21)16-3-2-10-23(16)25-20/h2-7,10-11H,8-9,21H2,1H3/b5-4+,18-15-. The summed E-state index contributed by atoms with van der Waals surface area (Å²) in [7, 11) is 0. The predicted molar refractivity (Wildman–Crippen MR) is 111 cm³/mol. The molecule has 0 radical (unpaired) electrons. The fraction of sp³-hybridized carbons (Fsp3) is 0.167. The second-order valence-electron chi connectivity index (χ2n) is 5.49. The van der Waals surface area contributed by atoms with E-state index in [1.165, 1.54) is 3.97 Å². The fourth-order valence-corrected chi connectivity index (χ4v) is 4.38. The molecule has 0 atom stereocenters. The second kappa shape index (κ2) is 8.31. The molecule has 3 nitrogen and oxygen atoms in total. The van der Waals surface area contributed by atoms with Gasteiger partial charge in [-0.2, -0.15) is 0 Å². The lowest BCUT2D eigenvalue weighted by atomic mass is 10.0. The molecule has 2 N–H and O–H groups in total. The number of aliphatic imine (C=N–C) groups is 1. The van der Waals surface area contributed by atoms with Crippen molar-refractivity contribution in [3.63, 3.8) is 0 Å². The van der Waals surface area contributed by atoms with Crippen molar-refractivity contribution in [1.29, 1.82) is 0 Å². The molecule has 2 aromatic rings. The highest BCUT2D eigenvalue weighted by atomic mass is 79.9. The average molecular weight is 438 g/mol. The first-order valence-electron chi connectivity index (χ1n) is 7.73. The number of aromatic nitrogens is 1. The lowest BCUT2D eigenvalue weighted by Crippen LogP contribution is -2.04. The van der Waals surface area contributed by atoms with Gasteiger partial charge in [0, 0.05) is 16.6 Å². The van der Waals surface area contributed by atoms with Crippen LogP contribution in [-0.4, -0.2) is 16.2 Å². The molecule has 0 amide bonds. The van der Waals surface area contributed by atoms with Crippen molar-refractivity contribution in [3.8, 4) is 0 Å². The first-order chi connectivity index (χ1) is 12.1. The van der Waals surface area contributed by atoms with Crippen LogP contribution in [0, 0.1) is 0 Å². The number of nitrogens with zero attached hydrogens (tertiary/aromatic N) is 2. The van der Waals surface area contributed by atoms with Crippen LogP contribution in [0.15, 0.2) is 62.7 Å². The minimum Gasteiger partial charge on any atom is -0.330 e. The van der Waals surface area contributed by atoms with Crippen molar-refractivity contribution in [1.82, 2.24) is 3.97 Å². The van der Waals surface area contributed by atoms with Gasteiger partial charge in [0.25, 0.3) is 0 Å². The molecule has 0 unspecified atom stereocenters. The molecule has 1 aliphatic rings. The quantitative estimate of drug-likeness (QED) is 0.613. The van der Waals surface area contributed by atoms with Gasteiger partial charge in [0.05, 0.1) is 20.9 Å². The number of nitrogens with two attached hydrogens (primary N) is 1. The number of thiophene rings is 1. The van der Waals surface area contributed by atoms with E-state index in [2.05, 4.69) is 22.0 Å². The number of hydrogen-bond acceptors (Lipinski definition) is 4. The summed E-state index contributed by atoms with van der Waals surface area (Å²) in [6, 6.07) is 7.80. The SMILES string of the molecule is CC1=CC(/C=C/c2ccc(Br)s2)=NC/1=C(/CCN)c1cccn1SF. The van der Waals surface area contributed by atoms with Gasteiger partial charge in [0.15, 0.2) is 12.3 Å². The van der Waals surface area contributed by atoms with Crippen LogP contribution in [0.2, 0.25) is 0 Å². The molecule has 0 saturated carbocycles. The monoisotopic (exact) mass is 437 g/mol. The summed E-state index contributed by atoms with van der Waals surface area (Å²) >= 11 is 5.32. The third kappa shape index (κ3) is 4.23. The molecule has 0 saturated heterocycles. The van der Waals surface area contributed by atoms with Crippen molar-refractivity contribution < 1.29 is 3.89 Å². The van der Waals surface area contributed by atoms with Crippen molar-refractivity contribution in [3.05, 3.63) is 68.2 Å². The highest BCUT2D eigenvalue weighted by molar-refractivity contribution is 9.11. The molecule has 1 aliphatic heterocycles. The van der Waals surface area contributed by atoms with Gasteiger partial charge in [-0.15, -0.1) is 15.2 Å². The Balaban J connectivity index is 1.96. The molecule has 0 aromatic carbocycles. The number of hydrogen-bond donors (Lipinski definition) is 1. The van der Waals surface area contributed by atoms with Crippen LogP contribution in [0.3, 0.4) is 0 Å². The smallest absolute Gasteiger partial charge is 0.169 e. The number of allylic oxidation sites excluding steroid dienone is 3. The first kappa shape index (κ1) is 18.4. The molecule has 2 aromatic heterocycles. The van der Waals surface area contributed by atoms with Gasteiger partial charge in [0.2, 0.25) is 0 Å². The molecule has 0 spiro atoms. The van der Waals surface area contributed by atoms with Gasteiger partial charge in [-0.3, -0.25) is 3.97 Å². The third-order valence-electron chi connectivity index (χ3n) is 3.77. The van der Waals surface area contributed by atoms with Crippen LogP contribution in [0.4, 0.5) is 3.89 Å². The Morgan fingerprint density at radius 1 is 1.40 bits per heavy atom. The molecular weight excluding hydrogens is 421 g/mol. The molecule has 7 heteroatoms. The molecule has 0 bridgehead atoms. The molecule has 0 aliphatic carbocycles. The van der Waals surface area contributed by atoms with E-state index in [9.17, 15) is 3.89 Å². The Morgan fingerprint density at radius 3 is 2.92 bits per heavy atom. The van der Waals surface area contributed by atoms with Crippen LogP contribution in [0.1, 0.15) is 23.9 Å². The van der Waals surface area contributed by atoms with E-state index in [-0.39, 0.29) is 12.3 Å². The van der Waals surface area contributed by atoms with Gasteiger partial charge in [0.1, 0.15) is 0 Å². The lowest BCUT2D eigenvalue weighted by Gasteiger charge is -2.11. The second-order valence-corrected chi connectivity index (χ2v) is 8.52. The highest BCUT2D eigenvalue weighted by Gasteiger charge is 2.18. The third-order valence-corrected chi connectivity index (χ3v) is 5.82. The van der Waals surface area contributed by atoms with Crippen molar-refractivity contribution in [2.24, 2.45) is 10.7 Å². The number of rotatable bonds is 6. The minimum atomic E-state index is 0.184. The maximum absolute atomic E-state index is 13.2. The predicted octanol–water partition coefficient (Wildman–Crippen LogP) is 5.87. The lowest BCUT2D eigenvalue weighted by molar-refractivity contribution is 0.910. The van der Waals surface area contributed by atoms with Crippen LogP contribution in [-0.2, 0) is 0 Å². The number of halogens is 2. The van der Waals surface area contributed by atoms with Crippen LogP contribution in [0.5, 0.6) is 0 Å². The van der Waals surface area contributed by atoms with E-state index < -0.39 is 0 Å². The van der Waals surface area contributed by atoms with Gasteiger partial charge in [-0.1, -0.05) is 0 Å². The first-order valence-corrected chi connectivity index (χ1v) is 10.0. The van der Waals surface area contributed by atoms with E-state index in [0.717, 1.165) is 36.9 Å². The highest BCUT2D eigenvalue weighted by Crippen LogP contribution is 2.33. The molecule has 25 heavy (non-hydrogen) atoms. The maximum Gasteiger partial charge on any atom is 0.169 e. The van der Waals surface area contributed by atoms with Crippen LogP contribution >= 0.6 is 39.6 Å². The summed E-state index contributed by atoms with van der Waals surface area (Å²) in [5.74, 6) is 0. The zero-order chi connectivity index (χ0) is 17.8. The zero-order valence-electron chi connectivity index (χ0n) is 13.6. The van der Waals surface area contributed by atoms with E-state index >= 15 is 0 Å². The van der Waals surface area contributed by atoms with Gasteiger partial charge in [-0.25, -0.2) is 4.99 Å². The Hall–Kier alpha value is -1.41. The molecule has 3 heterocycles. The van der Waals surface area contributed by atoms with Crippen molar-refractivity contribution in [2.45, 2.75) is 13.3 Å². The minimum absolute atomic E-state index is 0.184. The largest absolute Gasteiger partial charge is 0.330 e. The normalized spacial score (nSPS) is 16.5. The Bertz CT molecular complexity index is 890. The maximum atomic E-state index is 13.2. The summed E-state index contributed by atoms with van der Waals surface area (Å²) in [4.78, 5) is 5.91. The molecule has 0 fully saturated rings. The van der Waals surface area contributed by atoms with Gasteiger partial charge >= 0.3 is 0 Å². The Labute approximate surface area is 163 Å². The fourth-order valence-electron chi connectivity index (χ4n) is 2.69. The zero-order valence-corrected chi connectivity index (χ0v) is 16.8. The molecule has 130 valence electrons. The molecular formula is C18H17BrFN3S2. The topological polar surface area (TPSA) is 43.3 Å². The van der Waals surface area contributed by atoms with Crippen molar-refractivity contribution in [2.75, 3.05) is 6.54 Å². The van der Waals surface area contributed by atoms with E-state index in [1.807, 2.05) is 43.4 Å². The summed E-state index contributed by atoms with van der Waals surface area (Å²) in [5, 5.41) is 0. The summed E-state index contributed by atoms with van der Waals surface area (Å²) in [6.07, 6.45) is 8.43. The Morgan fingerprint density at radius 2 is 2.24 bits per heavy atom. The summed E-state index contributed by atoms with van der Waals surface area (Å²) < 4.78 is 15.7. The summed E-state index contributed by atoms with van der Waals surface area (Å²) in [5.41, 5.74) is 10.4. The Kier molecular flexibility index (Phi) is 6.11. The summed E-state index contributed by atoms with van der Waals surface area (Å²) in [6.45, 7) is 2.51. The van der Waals surface area contributed by atoms with Gasteiger partial charge < -0.3 is 5.73 Å². The van der Waals surface area contributed by atoms with Crippen LogP contribution in [0.25, 0.3) is 11.6 Å². The average Bonchev–Trinajstić information content (AvgIpc) is 3.31. The van der Waals surface area contributed by atoms with Crippen molar-refractivity contribution >= 4 is 57.0 Å².